The normalized spacial score (nSPS) is 15.3. The van der Waals surface area contributed by atoms with E-state index in [1.807, 2.05) is 16.7 Å². The highest BCUT2D eigenvalue weighted by Gasteiger charge is 2.18. The summed E-state index contributed by atoms with van der Waals surface area (Å²) in [5.41, 5.74) is 1.30. The number of anilines is 1. The first-order valence-corrected chi connectivity index (χ1v) is 7.07. The van der Waals surface area contributed by atoms with E-state index in [2.05, 4.69) is 5.32 Å². The van der Waals surface area contributed by atoms with E-state index in [9.17, 15) is 9.59 Å². The molecule has 0 radical (unpaired) electrons. The predicted octanol–water partition coefficient (Wildman–Crippen LogP) is 1.83. The number of hydrogen-bond acceptors (Lipinski definition) is 3. The third kappa shape index (κ3) is 3.26. The summed E-state index contributed by atoms with van der Waals surface area (Å²) >= 11 is 1.87. The maximum atomic E-state index is 12.2. The monoisotopic (exact) mass is 264 g/mol. The van der Waals surface area contributed by atoms with Gasteiger partial charge >= 0.3 is 0 Å². The van der Waals surface area contributed by atoms with Crippen LogP contribution >= 0.6 is 11.8 Å². The highest BCUT2D eigenvalue weighted by Crippen LogP contribution is 2.16. The number of nitrogens with one attached hydrogen (secondary N) is 1. The Morgan fingerprint density at radius 3 is 2.67 bits per heavy atom. The number of rotatable bonds is 2. The molecule has 0 bridgehead atoms. The van der Waals surface area contributed by atoms with Crippen LogP contribution in [0, 0.1) is 0 Å². The molecule has 96 valence electrons. The van der Waals surface area contributed by atoms with Gasteiger partial charge in [0, 0.05) is 42.8 Å². The fourth-order valence-electron chi connectivity index (χ4n) is 1.88. The number of nitrogens with zero attached hydrogens (tertiary/aromatic N) is 1. The van der Waals surface area contributed by atoms with Crippen molar-refractivity contribution in [3.05, 3.63) is 29.8 Å². The molecule has 1 aromatic rings. The summed E-state index contributed by atoms with van der Waals surface area (Å²) in [5, 5.41) is 2.69. The Morgan fingerprint density at radius 2 is 2.00 bits per heavy atom. The van der Waals surface area contributed by atoms with Gasteiger partial charge in [-0.05, 0) is 18.2 Å². The Balaban J connectivity index is 2.11. The lowest BCUT2D eigenvalue weighted by Gasteiger charge is -2.26. The van der Waals surface area contributed by atoms with E-state index < -0.39 is 0 Å². The minimum absolute atomic E-state index is 0.0440. The zero-order valence-electron chi connectivity index (χ0n) is 10.3. The van der Waals surface area contributed by atoms with Crippen LogP contribution in [0.2, 0.25) is 0 Å². The molecule has 18 heavy (non-hydrogen) atoms. The molecule has 4 nitrogen and oxygen atoms in total. The van der Waals surface area contributed by atoms with Crippen LogP contribution in [-0.2, 0) is 4.79 Å². The van der Waals surface area contributed by atoms with E-state index in [0.29, 0.717) is 11.3 Å². The van der Waals surface area contributed by atoms with Crippen LogP contribution in [0.15, 0.2) is 24.3 Å². The number of hydrogen-bond donors (Lipinski definition) is 1. The summed E-state index contributed by atoms with van der Waals surface area (Å²) in [4.78, 5) is 25.1. The summed E-state index contributed by atoms with van der Waals surface area (Å²) in [7, 11) is 0. The standard InChI is InChI=1S/C13H16N2O2S/c1-10(16)14-12-4-2-3-11(9-12)13(17)15-5-7-18-8-6-15/h2-4,9H,5-8H2,1H3,(H,14,16). The zero-order chi connectivity index (χ0) is 13.0. The van der Waals surface area contributed by atoms with Gasteiger partial charge in [0.15, 0.2) is 0 Å². The number of thioether (sulfide) groups is 1. The van der Waals surface area contributed by atoms with Crippen molar-refractivity contribution in [1.29, 1.82) is 0 Å². The summed E-state index contributed by atoms with van der Waals surface area (Å²) < 4.78 is 0. The summed E-state index contributed by atoms with van der Waals surface area (Å²) in [5.74, 6) is 1.91. The smallest absolute Gasteiger partial charge is 0.253 e. The van der Waals surface area contributed by atoms with Crippen molar-refractivity contribution in [2.45, 2.75) is 6.92 Å². The second-order valence-electron chi connectivity index (χ2n) is 4.17. The quantitative estimate of drug-likeness (QED) is 0.886. The average Bonchev–Trinajstić information content (AvgIpc) is 2.38. The SMILES string of the molecule is CC(=O)Nc1cccc(C(=O)N2CCSCC2)c1. The van der Waals surface area contributed by atoms with Crippen LogP contribution in [-0.4, -0.2) is 41.3 Å². The summed E-state index contributed by atoms with van der Waals surface area (Å²) in [6.45, 7) is 3.05. The fourth-order valence-corrected chi connectivity index (χ4v) is 2.79. The van der Waals surface area contributed by atoms with E-state index in [4.69, 9.17) is 0 Å². The molecule has 0 aliphatic carbocycles. The van der Waals surface area contributed by atoms with E-state index in [0.717, 1.165) is 24.6 Å². The number of amides is 2. The van der Waals surface area contributed by atoms with Crippen LogP contribution in [0.4, 0.5) is 5.69 Å². The maximum absolute atomic E-state index is 12.2. The van der Waals surface area contributed by atoms with Gasteiger partial charge in [-0.25, -0.2) is 0 Å². The third-order valence-electron chi connectivity index (χ3n) is 2.73. The van der Waals surface area contributed by atoms with Crippen molar-refractivity contribution in [2.75, 3.05) is 29.9 Å². The molecule has 1 N–H and O–H groups in total. The van der Waals surface area contributed by atoms with Crippen molar-refractivity contribution in [1.82, 2.24) is 4.90 Å². The second-order valence-corrected chi connectivity index (χ2v) is 5.39. The Bertz CT molecular complexity index is 456. The van der Waals surface area contributed by atoms with Crippen molar-refractivity contribution < 1.29 is 9.59 Å². The van der Waals surface area contributed by atoms with Crippen LogP contribution in [0.5, 0.6) is 0 Å². The van der Waals surface area contributed by atoms with E-state index >= 15 is 0 Å². The molecule has 1 fully saturated rings. The summed E-state index contributed by atoms with van der Waals surface area (Å²) in [6.07, 6.45) is 0. The van der Waals surface area contributed by atoms with Gasteiger partial charge < -0.3 is 10.2 Å². The highest BCUT2D eigenvalue weighted by atomic mass is 32.2. The Hall–Kier alpha value is -1.49. The molecule has 0 atom stereocenters. The lowest BCUT2D eigenvalue weighted by Crippen LogP contribution is -2.37. The fraction of sp³-hybridized carbons (Fsp3) is 0.385. The van der Waals surface area contributed by atoms with Crippen LogP contribution < -0.4 is 5.32 Å². The molecule has 0 aromatic heterocycles. The Labute approximate surface area is 111 Å². The number of carbonyl (C=O) groups is 2. The zero-order valence-corrected chi connectivity index (χ0v) is 11.1. The molecule has 2 rings (SSSR count). The Morgan fingerprint density at radius 1 is 1.28 bits per heavy atom. The van der Waals surface area contributed by atoms with Crippen molar-refractivity contribution in [2.24, 2.45) is 0 Å². The molecule has 1 saturated heterocycles. The van der Waals surface area contributed by atoms with Gasteiger partial charge in [0.25, 0.3) is 5.91 Å². The first-order chi connectivity index (χ1) is 8.66. The Kier molecular flexibility index (Phi) is 4.25. The molecular formula is C13H16N2O2S. The van der Waals surface area contributed by atoms with E-state index in [-0.39, 0.29) is 11.8 Å². The van der Waals surface area contributed by atoms with E-state index in [1.165, 1.54) is 6.92 Å². The molecular weight excluding hydrogens is 248 g/mol. The summed E-state index contributed by atoms with van der Waals surface area (Å²) in [6, 6.07) is 7.09. The maximum Gasteiger partial charge on any atom is 0.253 e. The molecule has 0 spiro atoms. The molecule has 5 heteroatoms. The first-order valence-electron chi connectivity index (χ1n) is 5.91. The minimum Gasteiger partial charge on any atom is -0.337 e. The van der Waals surface area contributed by atoms with E-state index in [1.54, 1.807) is 24.3 Å². The van der Waals surface area contributed by atoms with Gasteiger partial charge in [0.2, 0.25) is 5.91 Å². The second kappa shape index (κ2) is 5.91. The largest absolute Gasteiger partial charge is 0.337 e. The molecule has 1 aliphatic heterocycles. The highest BCUT2D eigenvalue weighted by molar-refractivity contribution is 7.99. The molecule has 2 amide bonds. The molecule has 0 unspecified atom stereocenters. The van der Waals surface area contributed by atoms with Crippen molar-refractivity contribution >= 4 is 29.3 Å². The van der Waals surface area contributed by atoms with Gasteiger partial charge in [-0.3, -0.25) is 9.59 Å². The first kappa shape index (κ1) is 13.0. The van der Waals surface area contributed by atoms with Gasteiger partial charge in [0.05, 0.1) is 0 Å². The lowest BCUT2D eigenvalue weighted by atomic mass is 10.1. The van der Waals surface area contributed by atoms with Gasteiger partial charge in [-0.15, -0.1) is 0 Å². The van der Waals surface area contributed by atoms with Crippen LogP contribution in [0.1, 0.15) is 17.3 Å². The predicted molar refractivity (Wildman–Crippen MR) is 74.0 cm³/mol. The van der Waals surface area contributed by atoms with Gasteiger partial charge in [0.1, 0.15) is 0 Å². The minimum atomic E-state index is -0.131. The van der Waals surface area contributed by atoms with Crippen molar-refractivity contribution in [3.63, 3.8) is 0 Å². The molecule has 1 aliphatic rings. The number of carbonyl (C=O) groups excluding carboxylic acids is 2. The molecule has 1 heterocycles. The molecule has 1 aromatic carbocycles. The van der Waals surface area contributed by atoms with Gasteiger partial charge in [-0.1, -0.05) is 6.07 Å². The van der Waals surface area contributed by atoms with Crippen molar-refractivity contribution in [3.8, 4) is 0 Å². The third-order valence-corrected chi connectivity index (χ3v) is 3.67. The topological polar surface area (TPSA) is 49.4 Å². The molecule has 0 saturated carbocycles. The number of benzene rings is 1. The average molecular weight is 264 g/mol. The van der Waals surface area contributed by atoms with Gasteiger partial charge in [-0.2, -0.15) is 11.8 Å². The van der Waals surface area contributed by atoms with Crippen LogP contribution in [0.25, 0.3) is 0 Å². The van der Waals surface area contributed by atoms with Crippen LogP contribution in [0.3, 0.4) is 0 Å². The lowest BCUT2D eigenvalue weighted by molar-refractivity contribution is -0.114.